The fourth-order valence-electron chi connectivity index (χ4n) is 1.53. The average molecular weight is 234 g/mol. The zero-order chi connectivity index (χ0) is 12.7. The molecule has 1 rings (SSSR count). The Morgan fingerprint density at radius 2 is 1.88 bits per heavy atom. The third-order valence-corrected chi connectivity index (χ3v) is 2.89. The summed E-state index contributed by atoms with van der Waals surface area (Å²) in [4.78, 5) is 11.6. The van der Waals surface area contributed by atoms with Crippen molar-refractivity contribution in [1.29, 1.82) is 0 Å². The van der Waals surface area contributed by atoms with Crippen LogP contribution < -0.4 is 10.6 Å². The molecule has 0 aliphatic heterocycles. The molecule has 2 atom stereocenters. The van der Waals surface area contributed by atoms with Gasteiger partial charge in [-0.05, 0) is 25.8 Å². The number of benzene rings is 1. The lowest BCUT2D eigenvalue weighted by molar-refractivity contribution is -0.120. The van der Waals surface area contributed by atoms with Crippen LogP contribution in [0, 0.1) is 0 Å². The average Bonchev–Trinajstić information content (AvgIpc) is 2.36. The van der Waals surface area contributed by atoms with Crippen LogP contribution in [0.1, 0.15) is 38.8 Å². The summed E-state index contributed by atoms with van der Waals surface area (Å²) in [6.07, 6.45) is 0.958. The van der Waals surface area contributed by atoms with Gasteiger partial charge in [0, 0.05) is 12.1 Å². The Hall–Kier alpha value is -1.35. The van der Waals surface area contributed by atoms with Gasteiger partial charge in [0.15, 0.2) is 0 Å². The number of carbonyl (C=O) groups excluding carboxylic acids is 1. The van der Waals surface area contributed by atoms with Crippen molar-refractivity contribution in [3.63, 3.8) is 0 Å². The molecule has 0 heterocycles. The molecule has 1 amide bonds. The second kappa shape index (κ2) is 7.07. The molecule has 17 heavy (non-hydrogen) atoms. The Morgan fingerprint density at radius 3 is 2.47 bits per heavy atom. The van der Waals surface area contributed by atoms with Gasteiger partial charge < -0.3 is 10.6 Å². The van der Waals surface area contributed by atoms with E-state index in [9.17, 15) is 4.79 Å². The van der Waals surface area contributed by atoms with Gasteiger partial charge in [0.05, 0.1) is 6.54 Å². The minimum Gasteiger partial charge on any atom is -0.353 e. The first kappa shape index (κ1) is 13.7. The van der Waals surface area contributed by atoms with Gasteiger partial charge in [-0.25, -0.2) is 0 Å². The van der Waals surface area contributed by atoms with Gasteiger partial charge in [0.25, 0.3) is 0 Å². The minimum absolute atomic E-state index is 0.0575. The molecule has 1 aromatic rings. The van der Waals surface area contributed by atoms with Gasteiger partial charge in [0.2, 0.25) is 5.91 Å². The Morgan fingerprint density at radius 1 is 1.24 bits per heavy atom. The summed E-state index contributed by atoms with van der Waals surface area (Å²) in [5.41, 5.74) is 1.20. The first-order valence-electron chi connectivity index (χ1n) is 6.21. The fourth-order valence-corrected chi connectivity index (χ4v) is 1.53. The standard InChI is InChI=1S/C14H22N2O/c1-4-11(2)16-14(17)10-15-12(3)13-8-6-5-7-9-13/h5-9,11-12,15H,4,10H2,1-3H3,(H,16,17). The first-order valence-corrected chi connectivity index (χ1v) is 6.21. The van der Waals surface area contributed by atoms with Gasteiger partial charge >= 0.3 is 0 Å². The van der Waals surface area contributed by atoms with E-state index in [1.54, 1.807) is 0 Å². The Kier molecular flexibility index (Phi) is 5.70. The molecule has 3 nitrogen and oxygen atoms in total. The van der Waals surface area contributed by atoms with Crippen molar-refractivity contribution in [2.75, 3.05) is 6.54 Å². The van der Waals surface area contributed by atoms with E-state index in [-0.39, 0.29) is 18.0 Å². The highest BCUT2D eigenvalue weighted by molar-refractivity contribution is 5.78. The molecule has 0 aliphatic carbocycles. The fraction of sp³-hybridized carbons (Fsp3) is 0.500. The van der Waals surface area contributed by atoms with Crippen LogP contribution in [0.5, 0.6) is 0 Å². The van der Waals surface area contributed by atoms with Gasteiger partial charge in [0.1, 0.15) is 0 Å². The molecule has 0 spiro atoms. The predicted molar refractivity (Wildman–Crippen MR) is 70.8 cm³/mol. The molecule has 0 saturated carbocycles. The van der Waals surface area contributed by atoms with Crippen LogP contribution in [-0.4, -0.2) is 18.5 Å². The number of amides is 1. The number of nitrogens with one attached hydrogen (secondary N) is 2. The molecule has 0 bridgehead atoms. The maximum Gasteiger partial charge on any atom is 0.234 e. The molecule has 2 N–H and O–H groups in total. The maximum absolute atomic E-state index is 11.6. The Balaban J connectivity index is 2.33. The number of hydrogen-bond acceptors (Lipinski definition) is 2. The Labute approximate surface area is 104 Å². The smallest absolute Gasteiger partial charge is 0.234 e. The quantitative estimate of drug-likeness (QED) is 0.792. The van der Waals surface area contributed by atoms with Crippen molar-refractivity contribution < 1.29 is 4.79 Å². The summed E-state index contributed by atoms with van der Waals surface area (Å²) in [6.45, 7) is 6.50. The zero-order valence-electron chi connectivity index (χ0n) is 10.9. The normalized spacial score (nSPS) is 14.1. The summed E-state index contributed by atoms with van der Waals surface area (Å²) in [5, 5.41) is 6.15. The third kappa shape index (κ3) is 5.00. The van der Waals surface area contributed by atoms with Crippen molar-refractivity contribution in [2.45, 2.75) is 39.3 Å². The van der Waals surface area contributed by atoms with E-state index < -0.39 is 0 Å². The first-order chi connectivity index (χ1) is 8.13. The van der Waals surface area contributed by atoms with Crippen LogP contribution in [0.3, 0.4) is 0 Å². The molecule has 2 unspecified atom stereocenters. The van der Waals surface area contributed by atoms with Gasteiger partial charge in [-0.2, -0.15) is 0 Å². The van der Waals surface area contributed by atoms with Crippen LogP contribution >= 0.6 is 0 Å². The second-order valence-electron chi connectivity index (χ2n) is 4.39. The molecule has 0 saturated heterocycles. The number of rotatable bonds is 6. The van der Waals surface area contributed by atoms with Crippen LogP contribution in [0.15, 0.2) is 30.3 Å². The van der Waals surface area contributed by atoms with Gasteiger partial charge in [-0.1, -0.05) is 37.3 Å². The van der Waals surface area contributed by atoms with E-state index in [2.05, 4.69) is 36.6 Å². The minimum atomic E-state index is 0.0575. The molecule has 0 radical (unpaired) electrons. The lowest BCUT2D eigenvalue weighted by Crippen LogP contribution is -2.39. The van der Waals surface area contributed by atoms with E-state index in [0.717, 1.165) is 6.42 Å². The summed E-state index contributed by atoms with van der Waals surface area (Å²) in [6, 6.07) is 10.6. The second-order valence-corrected chi connectivity index (χ2v) is 4.39. The molecule has 1 aromatic carbocycles. The van der Waals surface area contributed by atoms with Crippen molar-refractivity contribution in [1.82, 2.24) is 10.6 Å². The van der Waals surface area contributed by atoms with E-state index >= 15 is 0 Å². The highest BCUT2D eigenvalue weighted by atomic mass is 16.1. The summed E-state index contributed by atoms with van der Waals surface area (Å²) < 4.78 is 0. The summed E-state index contributed by atoms with van der Waals surface area (Å²) >= 11 is 0. The van der Waals surface area contributed by atoms with Crippen LogP contribution in [0.2, 0.25) is 0 Å². The van der Waals surface area contributed by atoms with Crippen molar-refractivity contribution in [2.24, 2.45) is 0 Å². The topological polar surface area (TPSA) is 41.1 Å². The van der Waals surface area contributed by atoms with E-state index in [0.29, 0.717) is 6.54 Å². The molecule has 0 fully saturated rings. The summed E-state index contributed by atoms with van der Waals surface area (Å²) in [5.74, 6) is 0.0575. The monoisotopic (exact) mass is 234 g/mol. The van der Waals surface area contributed by atoms with Crippen LogP contribution in [0.4, 0.5) is 0 Å². The van der Waals surface area contributed by atoms with E-state index in [1.165, 1.54) is 5.56 Å². The molecule has 94 valence electrons. The van der Waals surface area contributed by atoms with E-state index in [1.807, 2.05) is 25.1 Å². The molecular weight excluding hydrogens is 212 g/mol. The van der Waals surface area contributed by atoms with Crippen molar-refractivity contribution in [3.05, 3.63) is 35.9 Å². The van der Waals surface area contributed by atoms with Crippen molar-refractivity contribution in [3.8, 4) is 0 Å². The van der Waals surface area contributed by atoms with Crippen molar-refractivity contribution >= 4 is 5.91 Å². The molecular formula is C14H22N2O. The Bertz CT molecular complexity index is 337. The van der Waals surface area contributed by atoms with E-state index in [4.69, 9.17) is 0 Å². The molecule has 0 aliphatic rings. The van der Waals surface area contributed by atoms with Crippen LogP contribution in [-0.2, 0) is 4.79 Å². The highest BCUT2D eigenvalue weighted by Crippen LogP contribution is 2.10. The highest BCUT2D eigenvalue weighted by Gasteiger charge is 2.08. The lowest BCUT2D eigenvalue weighted by Gasteiger charge is -2.16. The van der Waals surface area contributed by atoms with Gasteiger partial charge in [-0.15, -0.1) is 0 Å². The summed E-state index contributed by atoms with van der Waals surface area (Å²) in [7, 11) is 0. The molecule has 3 heteroatoms. The number of carbonyl (C=O) groups is 1. The van der Waals surface area contributed by atoms with Crippen LogP contribution in [0.25, 0.3) is 0 Å². The lowest BCUT2D eigenvalue weighted by atomic mass is 10.1. The third-order valence-electron chi connectivity index (χ3n) is 2.89. The molecule has 0 aromatic heterocycles. The largest absolute Gasteiger partial charge is 0.353 e. The van der Waals surface area contributed by atoms with Gasteiger partial charge in [-0.3, -0.25) is 4.79 Å². The number of hydrogen-bond donors (Lipinski definition) is 2. The zero-order valence-corrected chi connectivity index (χ0v) is 10.9. The predicted octanol–water partition coefficient (Wildman–Crippen LogP) is 2.25. The maximum atomic E-state index is 11.6. The SMILES string of the molecule is CCC(C)NC(=O)CNC(C)c1ccccc1.